The summed E-state index contributed by atoms with van der Waals surface area (Å²) in [6, 6.07) is 7.74. The van der Waals surface area contributed by atoms with Gasteiger partial charge < -0.3 is 10.1 Å². The molecule has 2 heterocycles. The van der Waals surface area contributed by atoms with Crippen LogP contribution < -0.4 is 10.1 Å². The summed E-state index contributed by atoms with van der Waals surface area (Å²) in [5, 5.41) is 10.3. The van der Waals surface area contributed by atoms with Gasteiger partial charge >= 0.3 is 6.18 Å². The maximum Gasteiger partial charge on any atom is 0.417 e. The molecule has 154 valence electrons. The van der Waals surface area contributed by atoms with E-state index >= 15 is 0 Å². The molecule has 0 atom stereocenters. The van der Waals surface area contributed by atoms with Gasteiger partial charge in [-0.2, -0.15) is 18.3 Å². The number of H-pyrrole nitrogens is 1. The third-order valence-corrected chi connectivity index (χ3v) is 4.39. The zero-order chi connectivity index (χ0) is 21.2. The van der Waals surface area contributed by atoms with Gasteiger partial charge in [-0.25, -0.2) is 4.98 Å². The van der Waals surface area contributed by atoms with Crippen LogP contribution in [0.1, 0.15) is 37.6 Å². The van der Waals surface area contributed by atoms with Gasteiger partial charge in [0.15, 0.2) is 0 Å². The molecule has 3 aromatic rings. The summed E-state index contributed by atoms with van der Waals surface area (Å²) >= 11 is 5.87. The normalized spacial score (nSPS) is 12.1. The summed E-state index contributed by atoms with van der Waals surface area (Å²) < 4.78 is 43.5. The van der Waals surface area contributed by atoms with Crippen LogP contribution in [0, 0.1) is 0 Å². The second-order valence-electron chi connectivity index (χ2n) is 7.50. The highest BCUT2D eigenvalue weighted by Gasteiger charge is 2.31. The topological polar surface area (TPSA) is 62.8 Å². The zero-order valence-corrected chi connectivity index (χ0v) is 16.8. The van der Waals surface area contributed by atoms with Gasteiger partial charge in [0.05, 0.1) is 11.3 Å². The average molecular weight is 425 g/mol. The Bertz CT molecular complexity index is 979. The van der Waals surface area contributed by atoms with Gasteiger partial charge in [-0.3, -0.25) is 5.10 Å². The van der Waals surface area contributed by atoms with Crippen LogP contribution in [0.4, 0.5) is 18.9 Å². The van der Waals surface area contributed by atoms with Crippen molar-refractivity contribution >= 4 is 17.3 Å². The molecule has 1 aromatic carbocycles. The fourth-order valence-electron chi connectivity index (χ4n) is 2.70. The molecule has 0 bridgehead atoms. The number of pyridine rings is 1. The first-order chi connectivity index (χ1) is 13.5. The zero-order valence-electron chi connectivity index (χ0n) is 16.1. The lowest BCUT2D eigenvalue weighted by Gasteiger charge is -2.18. The maximum absolute atomic E-state index is 12.7. The van der Waals surface area contributed by atoms with Gasteiger partial charge in [0.25, 0.3) is 0 Å². The third kappa shape index (κ3) is 5.20. The number of hydrogen-bond acceptors (Lipinski definition) is 4. The van der Waals surface area contributed by atoms with E-state index in [9.17, 15) is 13.2 Å². The van der Waals surface area contributed by atoms with E-state index in [2.05, 4.69) is 41.3 Å². The fraction of sp³-hybridized carbons (Fsp3) is 0.300. The smallest absolute Gasteiger partial charge is 0.417 e. The Morgan fingerprint density at radius 1 is 1.14 bits per heavy atom. The summed E-state index contributed by atoms with van der Waals surface area (Å²) in [5.41, 5.74) is 1.92. The first kappa shape index (κ1) is 21.0. The lowest BCUT2D eigenvalue weighted by atomic mass is 9.89. The van der Waals surface area contributed by atoms with Gasteiger partial charge in [-0.1, -0.05) is 32.4 Å². The van der Waals surface area contributed by atoms with Gasteiger partial charge in [-0.15, -0.1) is 0 Å². The van der Waals surface area contributed by atoms with Crippen molar-refractivity contribution in [2.75, 3.05) is 5.32 Å². The first-order valence-electron chi connectivity index (χ1n) is 8.82. The van der Waals surface area contributed by atoms with Crippen molar-refractivity contribution < 1.29 is 17.9 Å². The van der Waals surface area contributed by atoms with Crippen molar-refractivity contribution in [1.29, 1.82) is 0 Å². The molecule has 0 aliphatic carbocycles. The fourth-order valence-corrected chi connectivity index (χ4v) is 2.91. The minimum atomic E-state index is -4.51. The Labute approximate surface area is 171 Å². The molecule has 29 heavy (non-hydrogen) atoms. The van der Waals surface area contributed by atoms with Crippen LogP contribution in [0.2, 0.25) is 5.02 Å². The lowest BCUT2D eigenvalue weighted by Crippen LogP contribution is -2.15. The lowest BCUT2D eigenvalue weighted by molar-refractivity contribution is -0.137. The number of alkyl halides is 3. The van der Waals surface area contributed by atoms with E-state index in [1.807, 2.05) is 6.20 Å². The Kier molecular flexibility index (Phi) is 5.75. The number of rotatable bonds is 5. The van der Waals surface area contributed by atoms with Crippen molar-refractivity contribution in [2.45, 2.75) is 38.9 Å². The van der Waals surface area contributed by atoms with Crippen molar-refractivity contribution in [1.82, 2.24) is 15.2 Å². The Morgan fingerprint density at radius 2 is 1.83 bits per heavy atom. The van der Waals surface area contributed by atoms with Crippen molar-refractivity contribution in [2.24, 2.45) is 0 Å². The predicted octanol–water partition coefficient (Wildman–Crippen LogP) is 6.18. The molecule has 3 rings (SSSR count). The SMILES string of the molecule is CC(C)(C)c1n[nH]cc1CNc1ccc(Oc2ncc(C(F)(F)F)cc2Cl)cc1. The number of ether oxygens (including phenoxy) is 1. The highest BCUT2D eigenvalue weighted by molar-refractivity contribution is 6.31. The summed E-state index contributed by atoms with van der Waals surface area (Å²) in [6.07, 6.45) is -1.96. The molecule has 0 saturated carbocycles. The summed E-state index contributed by atoms with van der Waals surface area (Å²) in [7, 11) is 0. The van der Waals surface area contributed by atoms with Crippen molar-refractivity contribution in [3.63, 3.8) is 0 Å². The number of hydrogen-bond donors (Lipinski definition) is 2. The minimum Gasteiger partial charge on any atom is -0.438 e. The van der Waals surface area contributed by atoms with Gasteiger partial charge in [-0.05, 0) is 30.3 Å². The summed E-state index contributed by atoms with van der Waals surface area (Å²) in [6.45, 7) is 6.88. The minimum absolute atomic E-state index is 0.0668. The van der Waals surface area contributed by atoms with E-state index in [4.69, 9.17) is 16.3 Å². The standard InChI is InChI=1S/C20H20ClF3N4O/c1-19(2,3)17-12(10-27-28-17)9-25-14-4-6-15(7-5-14)29-18-16(21)8-13(11-26-18)20(22,23)24/h4-8,10-11,25H,9H2,1-3H3,(H,27,28). The molecule has 5 nitrogen and oxygen atoms in total. The number of halogens is 4. The van der Waals surface area contributed by atoms with E-state index in [0.717, 1.165) is 23.0 Å². The molecule has 9 heteroatoms. The molecular weight excluding hydrogens is 405 g/mol. The molecule has 2 N–H and O–H groups in total. The van der Waals surface area contributed by atoms with E-state index in [0.29, 0.717) is 18.5 Å². The van der Waals surface area contributed by atoms with Gasteiger partial charge in [0.2, 0.25) is 5.88 Å². The summed E-state index contributed by atoms with van der Waals surface area (Å²) in [5.74, 6) is 0.317. The van der Waals surface area contributed by atoms with Gasteiger partial charge in [0.1, 0.15) is 10.8 Å². The predicted molar refractivity (Wildman–Crippen MR) is 105 cm³/mol. The van der Waals surface area contributed by atoms with Gasteiger partial charge in [0, 0.05) is 35.6 Å². The van der Waals surface area contributed by atoms with Crippen LogP contribution in [0.3, 0.4) is 0 Å². The largest absolute Gasteiger partial charge is 0.438 e. The second kappa shape index (κ2) is 7.94. The monoisotopic (exact) mass is 424 g/mol. The first-order valence-corrected chi connectivity index (χ1v) is 9.19. The van der Waals surface area contributed by atoms with Crippen LogP contribution in [-0.2, 0) is 18.1 Å². The number of benzene rings is 1. The van der Waals surface area contributed by atoms with Crippen LogP contribution in [0.15, 0.2) is 42.7 Å². The number of nitrogens with zero attached hydrogens (tertiary/aromatic N) is 2. The van der Waals surface area contributed by atoms with Crippen molar-refractivity contribution in [3.05, 3.63) is 64.6 Å². The molecule has 0 amide bonds. The quantitative estimate of drug-likeness (QED) is 0.513. The van der Waals surface area contributed by atoms with Crippen LogP contribution >= 0.6 is 11.6 Å². The molecule has 0 aliphatic heterocycles. The van der Waals surface area contributed by atoms with Crippen molar-refractivity contribution in [3.8, 4) is 11.6 Å². The number of nitrogens with one attached hydrogen (secondary N) is 2. The number of aromatic amines is 1. The summed E-state index contributed by atoms with van der Waals surface area (Å²) in [4.78, 5) is 3.66. The highest BCUT2D eigenvalue weighted by atomic mass is 35.5. The molecule has 2 aromatic heterocycles. The Hall–Kier alpha value is -2.74. The molecular formula is C20H20ClF3N4O. The van der Waals surface area contributed by atoms with Crippen LogP contribution in [0.25, 0.3) is 0 Å². The van der Waals surface area contributed by atoms with Crippen LogP contribution in [0.5, 0.6) is 11.6 Å². The molecule has 0 fully saturated rings. The third-order valence-electron chi connectivity index (χ3n) is 4.12. The molecule has 0 aliphatic rings. The number of anilines is 1. The maximum atomic E-state index is 12.7. The number of aromatic nitrogens is 3. The van der Waals surface area contributed by atoms with Crippen LogP contribution in [-0.4, -0.2) is 15.2 Å². The van der Waals surface area contributed by atoms with E-state index < -0.39 is 11.7 Å². The second-order valence-corrected chi connectivity index (χ2v) is 7.91. The average Bonchev–Trinajstić information content (AvgIpc) is 3.11. The van der Waals surface area contributed by atoms with E-state index in [-0.39, 0.29) is 16.3 Å². The van der Waals surface area contributed by atoms with E-state index in [1.165, 1.54) is 0 Å². The molecule has 0 saturated heterocycles. The highest BCUT2D eigenvalue weighted by Crippen LogP contribution is 2.34. The Balaban J connectivity index is 1.65. The molecule has 0 unspecified atom stereocenters. The Morgan fingerprint density at radius 3 is 2.41 bits per heavy atom. The molecule has 0 spiro atoms. The van der Waals surface area contributed by atoms with E-state index in [1.54, 1.807) is 24.3 Å². The molecule has 0 radical (unpaired) electrons.